The van der Waals surface area contributed by atoms with Crippen molar-refractivity contribution in [2.24, 2.45) is 5.92 Å². The predicted molar refractivity (Wildman–Crippen MR) is 80.9 cm³/mol. The van der Waals surface area contributed by atoms with Crippen LogP contribution in [-0.4, -0.2) is 31.5 Å². The molecule has 0 amide bonds. The van der Waals surface area contributed by atoms with E-state index in [9.17, 15) is 18.5 Å². The first-order valence-corrected chi connectivity index (χ1v) is 8.88. The Morgan fingerprint density at radius 1 is 1.32 bits per heavy atom. The largest absolute Gasteiger partial charge is 0.311 e. The van der Waals surface area contributed by atoms with Gasteiger partial charge in [0.1, 0.15) is 0 Å². The summed E-state index contributed by atoms with van der Waals surface area (Å²) < 4.78 is 27.8. The number of nitrogens with zero attached hydrogens (tertiary/aromatic N) is 1. The maximum absolute atomic E-state index is 12.6. The molecule has 4 unspecified atom stereocenters. The lowest BCUT2D eigenvalue weighted by Gasteiger charge is -2.35. The second-order valence-corrected chi connectivity index (χ2v) is 7.78. The molecule has 2 bridgehead atoms. The van der Waals surface area contributed by atoms with Crippen LogP contribution in [-0.2, 0) is 10.0 Å². The monoisotopic (exact) mass is 325 g/mol. The maximum atomic E-state index is 12.6. The summed E-state index contributed by atoms with van der Waals surface area (Å²) in [5, 5.41) is 14.5. The molecule has 2 aliphatic rings. The topological polar surface area (TPSA) is 101 Å². The van der Waals surface area contributed by atoms with Crippen molar-refractivity contribution in [2.45, 2.75) is 49.2 Å². The number of nitro benzene ring substituents is 1. The van der Waals surface area contributed by atoms with Gasteiger partial charge in [0, 0.05) is 24.2 Å². The second-order valence-electron chi connectivity index (χ2n) is 6.09. The molecular weight excluding hydrogens is 306 g/mol. The molecule has 4 atom stereocenters. The zero-order chi connectivity index (χ0) is 15.9. The highest BCUT2D eigenvalue weighted by atomic mass is 32.2. The summed E-state index contributed by atoms with van der Waals surface area (Å²) in [5.74, 6) is 0.163. The Balaban J connectivity index is 1.87. The molecule has 2 N–H and O–H groups in total. The van der Waals surface area contributed by atoms with E-state index in [0.717, 1.165) is 19.3 Å². The highest BCUT2D eigenvalue weighted by Crippen LogP contribution is 2.32. The van der Waals surface area contributed by atoms with Gasteiger partial charge in [-0.05, 0) is 31.2 Å². The molecule has 0 aliphatic carbocycles. The molecule has 2 fully saturated rings. The van der Waals surface area contributed by atoms with Crippen molar-refractivity contribution < 1.29 is 13.3 Å². The summed E-state index contributed by atoms with van der Waals surface area (Å²) in [5.41, 5.74) is -0.389. The number of nitrogens with one attached hydrogen (secondary N) is 2. The molecular formula is C14H19N3O4S. The molecule has 2 heterocycles. The van der Waals surface area contributed by atoms with Crippen LogP contribution in [0.2, 0.25) is 0 Å². The van der Waals surface area contributed by atoms with E-state index in [0.29, 0.717) is 12.1 Å². The molecule has 0 spiro atoms. The van der Waals surface area contributed by atoms with Crippen LogP contribution in [0.4, 0.5) is 5.69 Å². The lowest BCUT2D eigenvalue weighted by molar-refractivity contribution is -0.387. The van der Waals surface area contributed by atoms with Gasteiger partial charge >= 0.3 is 0 Å². The third-order valence-corrected chi connectivity index (χ3v) is 6.28. The van der Waals surface area contributed by atoms with E-state index in [1.54, 1.807) is 0 Å². The fraction of sp³-hybridized carbons (Fsp3) is 0.571. The van der Waals surface area contributed by atoms with Crippen LogP contribution in [0.5, 0.6) is 0 Å². The minimum Gasteiger partial charge on any atom is -0.311 e. The fourth-order valence-corrected chi connectivity index (χ4v) is 5.02. The molecule has 0 radical (unpaired) electrons. The zero-order valence-corrected chi connectivity index (χ0v) is 13.0. The molecule has 1 aromatic rings. The van der Waals surface area contributed by atoms with E-state index in [1.165, 1.54) is 24.3 Å². The third-order valence-electron chi connectivity index (χ3n) is 4.74. The van der Waals surface area contributed by atoms with E-state index in [1.807, 2.05) is 6.92 Å². The number of hydrogen-bond donors (Lipinski definition) is 2. The first kappa shape index (κ1) is 15.4. The number of sulfonamides is 1. The van der Waals surface area contributed by atoms with Crippen molar-refractivity contribution in [1.82, 2.24) is 10.0 Å². The average Bonchev–Trinajstić information content (AvgIpc) is 2.88. The Labute approximate surface area is 129 Å². The van der Waals surface area contributed by atoms with Crippen LogP contribution in [0.1, 0.15) is 26.2 Å². The second kappa shape index (κ2) is 5.60. The molecule has 2 aliphatic heterocycles. The first-order chi connectivity index (χ1) is 10.4. The van der Waals surface area contributed by atoms with Gasteiger partial charge in [-0.3, -0.25) is 10.1 Å². The first-order valence-electron chi connectivity index (χ1n) is 7.40. The van der Waals surface area contributed by atoms with Crippen LogP contribution in [0.25, 0.3) is 0 Å². The summed E-state index contributed by atoms with van der Waals surface area (Å²) in [6.45, 7) is 2.02. The lowest BCUT2D eigenvalue weighted by atomic mass is 9.89. The summed E-state index contributed by atoms with van der Waals surface area (Å²) in [6.07, 6.45) is 2.83. The number of hydrogen-bond acceptors (Lipinski definition) is 5. The molecule has 7 nitrogen and oxygen atoms in total. The lowest BCUT2D eigenvalue weighted by Crippen LogP contribution is -2.53. The number of piperidine rings is 1. The van der Waals surface area contributed by atoms with Gasteiger partial charge in [-0.15, -0.1) is 0 Å². The normalized spacial score (nSPS) is 31.1. The number of para-hydroxylation sites is 1. The average molecular weight is 325 g/mol. The molecule has 0 aromatic heterocycles. The van der Waals surface area contributed by atoms with Crippen LogP contribution in [0.3, 0.4) is 0 Å². The number of nitro groups is 1. The quantitative estimate of drug-likeness (QED) is 0.643. The summed E-state index contributed by atoms with van der Waals surface area (Å²) in [7, 11) is -3.91. The zero-order valence-electron chi connectivity index (χ0n) is 12.2. The van der Waals surface area contributed by atoms with E-state index in [4.69, 9.17) is 0 Å². The molecule has 8 heteroatoms. The standard InChI is InChI=1S/C14H19N3O4S/c1-9-11-7-6-10(15-11)8-12(9)16-22(20,21)14-5-3-2-4-13(14)17(18)19/h2-5,9-12,15-16H,6-8H2,1H3. The maximum Gasteiger partial charge on any atom is 0.289 e. The molecule has 22 heavy (non-hydrogen) atoms. The minimum absolute atomic E-state index is 0.163. The summed E-state index contributed by atoms with van der Waals surface area (Å²) in [4.78, 5) is 10.1. The SMILES string of the molecule is CC1C2CCC(CC1NS(=O)(=O)c1ccccc1[N+](=O)[O-])N2. The molecule has 0 saturated carbocycles. The fourth-order valence-electron chi connectivity index (χ4n) is 3.51. The van der Waals surface area contributed by atoms with Crippen molar-refractivity contribution in [3.63, 3.8) is 0 Å². The minimum atomic E-state index is -3.91. The highest BCUT2D eigenvalue weighted by Gasteiger charge is 2.41. The van der Waals surface area contributed by atoms with Gasteiger partial charge in [-0.1, -0.05) is 19.1 Å². The number of rotatable bonds is 4. The van der Waals surface area contributed by atoms with Crippen LogP contribution in [0.15, 0.2) is 29.2 Å². The van der Waals surface area contributed by atoms with E-state index < -0.39 is 14.9 Å². The van der Waals surface area contributed by atoms with Gasteiger partial charge in [0.05, 0.1) is 4.92 Å². The van der Waals surface area contributed by atoms with E-state index in [2.05, 4.69) is 10.0 Å². The predicted octanol–water partition coefficient (Wildman–Crippen LogP) is 1.40. The Morgan fingerprint density at radius 2 is 2.05 bits per heavy atom. The van der Waals surface area contributed by atoms with E-state index in [-0.39, 0.29) is 22.5 Å². The molecule has 3 rings (SSSR count). The number of fused-ring (bicyclic) bond motifs is 2. The van der Waals surface area contributed by atoms with E-state index >= 15 is 0 Å². The van der Waals surface area contributed by atoms with Gasteiger partial charge < -0.3 is 5.32 Å². The van der Waals surface area contributed by atoms with Crippen LogP contribution >= 0.6 is 0 Å². The molecule has 120 valence electrons. The van der Waals surface area contributed by atoms with Gasteiger partial charge in [0.15, 0.2) is 4.90 Å². The third kappa shape index (κ3) is 2.73. The van der Waals surface area contributed by atoms with Gasteiger partial charge in [0.2, 0.25) is 10.0 Å². The van der Waals surface area contributed by atoms with Gasteiger partial charge in [-0.25, -0.2) is 13.1 Å². The summed E-state index contributed by atoms with van der Waals surface area (Å²) >= 11 is 0. The Morgan fingerprint density at radius 3 is 2.77 bits per heavy atom. The smallest absolute Gasteiger partial charge is 0.289 e. The summed E-state index contributed by atoms with van der Waals surface area (Å²) in [6, 6.07) is 5.91. The van der Waals surface area contributed by atoms with Crippen molar-refractivity contribution >= 4 is 15.7 Å². The molecule has 2 saturated heterocycles. The highest BCUT2D eigenvalue weighted by molar-refractivity contribution is 7.89. The van der Waals surface area contributed by atoms with Crippen LogP contribution < -0.4 is 10.0 Å². The Hall–Kier alpha value is -1.51. The van der Waals surface area contributed by atoms with Gasteiger partial charge in [-0.2, -0.15) is 0 Å². The van der Waals surface area contributed by atoms with Crippen molar-refractivity contribution in [3.8, 4) is 0 Å². The van der Waals surface area contributed by atoms with Crippen molar-refractivity contribution in [1.29, 1.82) is 0 Å². The van der Waals surface area contributed by atoms with Crippen molar-refractivity contribution in [3.05, 3.63) is 34.4 Å². The molecule has 1 aromatic carbocycles. The Bertz CT molecular complexity index is 691. The Kier molecular flexibility index (Phi) is 3.92. The number of benzene rings is 1. The van der Waals surface area contributed by atoms with Crippen molar-refractivity contribution in [2.75, 3.05) is 0 Å². The van der Waals surface area contributed by atoms with Gasteiger partial charge in [0.25, 0.3) is 5.69 Å². The van der Waals surface area contributed by atoms with Crippen LogP contribution in [0, 0.1) is 16.0 Å².